The van der Waals surface area contributed by atoms with Gasteiger partial charge in [0.15, 0.2) is 24.3 Å². The largest absolute Gasteiger partial charge is 1.00 e. The minimum absolute atomic E-state index is 0. The number of carbonyl (C=O) groups excluding carboxylic acids is 2. The minimum Gasteiger partial charge on any atom is -0.858 e. The molecule has 18 nitrogen and oxygen atoms in total. The number of hydrogen-bond acceptors (Lipinski definition) is 16. The zero-order valence-electron chi connectivity index (χ0n) is 31.1. The fourth-order valence-corrected chi connectivity index (χ4v) is 11.2. The zero-order chi connectivity index (χ0) is 38.4. The summed E-state index contributed by atoms with van der Waals surface area (Å²) in [4.78, 5) is 103. The fourth-order valence-electron chi connectivity index (χ4n) is 5.09. The normalized spacial score (nSPS) is 19.8. The summed E-state index contributed by atoms with van der Waals surface area (Å²) in [6.07, 6.45) is -5.71. The van der Waals surface area contributed by atoms with Crippen molar-refractivity contribution < 1.29 is 185 Å². The zero-order valence-corrected chi connectivity index (χ0v) is 41.8. The molecule has 2 unspecified atom stereocenters. The quantitative estimate of drug-likeness (QED) is 0.0405. The second kappa shape index (κ2) is 24.3. The van der Waals surface area contributed by atoms with Gasteiger partial charge in [-0.1, -0.05) is 66.7 Å². The molecule has 6 atom stereocenters. The summed E-state index contributed by atoms with van der Waals surface area (Å²) in [6, 6.07) is 24.0. The van der Waals surface area contributed by atoms with E-state index in [4.69, 9.17) is 18.7 Å². The number of carbonyl (C=O) groups is 2. The maximum absolute atomic E-state index is 13.4. The molecule has 5 rings (SSSR count). The molecular weight excluding hydrogens is 851 g/mol. The van der Waals surface area contributed by atoms with Crippen LogP contribution < -0.4 is 149 Å². The molecule has 0 radical (unpaired) electrons. The predicted octanol–water partition coefficient (Wildman–Crippen LogP) is -12.4. The van der Waals surface area contributed by atoms with Crippen molar-refractivity contribution in [2.75, 3.05) is 18.4 Å². The number of ether oxygens (including phenoxy) is 3. The molecule has 0 aliphatic carbocycles. The van der Waals surface area contributed by atoms with Crippen LogP contribution in [0.3, 0.4) is 0 Å². The van der Waals surface area contributed by atoms with Crippen LogP contribution in [0.4, 0.5) is 5.82 Å². The van der Waals surface area contributed by atoms with Gasteiger partial charge < -0.3 is 52.9 Å². The third-order valence-electron chi connectivity index (χ3n) is 7.34. The van der Waals surface area contributed by atoms with Crippen molar-refractivity contribution in [3.05, 3.63) is 130 Å². The van der Waals surface area contributed by atoms with E-state index in [1.54, 1.807) is 30.3 Å². The number of nitrogens with zero attached hydrogens (tertiary/aromatic N) is 3. The Morgan fingerprint density at radius 1 is 0.807 bits per heavy atom. The van der Waals surface area contributed by atoms with Gasteiger partial charge in [-0.15, -0.1) is 0 Å². The average Bonchev–Trinajstić information content (AvgIpc) is 3.42. The van der Waals surface area contributed by atoms with Crippen molar-refractivity contribution in [2.24, 2.45) is 4.99 Å². The standard InChI is InChI=1S/C32H32N3O15P3.4Na/c36-28(21-10-4-1-5-11-21)33-25-16-17-35(32(39)34-25)29-27(50-31(38)23-14-8-3-9-15-23)26(49-30(37)22-12-6-2-7-13-22)24(48-29)18-47-53(45,46)20-51(40,41)19-52(42,43)44;;;;/h1-17,24,26-27,29H,18-20H2,(H,40,41)(H,45,46)(H2,42,43,44)(H,33,34,36,39);;;;/q;4*+1/p-4/t24-,26-,27-,29-;;;;/m1..../s1. The van der Waals surface area contributed by atoms with Gasteiger partial charge in [0.05, 0.1) is 36.9 Å². The number of aromatic nitrogens is 2. The first-order valence-electron chi connectivity index (χ1n) is 15.3. The minimum atomic E-state index is -5.65. The van der Waals surface area contributed by atoms with E-state index in [0.717, 1.165) is 16.8 Å². The van der Waals surface area contributed by atoms with Crippen LogP contribution in [-0.4, -0.2) is 69.0 Å². The molecule has 3 aromatic carbocycles. The first kappa shape index (κ1) is 54.6. The number of hydrogen-bond donors (Lipinski definition) is 1. The Hall–Kier alpha value is -0.440. The van der Waals surface area contributed by atoms with Crippen molar-refractivity contribution in [1.82, 2.24) is 9.55 Å². The van der Waals surface area contributed by atoms with Crippen molar-refractivity contribution in [3.8, 4) is 0 Å². The van der Waals surface area contributed by atoms with E-state index >= 15 is 0 Å². The maximum atomic E-state index is 13.4. The van der Waals surface area contributed by atoms with Crippen LogP contribution >= 0.6 is 22.9 Å². The van der Waals surface area contributed by atoms with Crippen LogP contribution in [0, 0.1) is 0 Å². The third kappa shape index (κ3) is 16.4. The summed E-state index contributed by atoms with van der Waals surface area (Å²) in [5, 5.41) is 12.6. The molecule has 0 spiro atoms. The second-order valence-corrected chi connectivity index (χ2v) is 18.1. The van der Waals surface area contributed by atoms with Crippen molar-refractivity contribution in [2.45, 2.75) is 24.5 Å². The SMILES string of the molecule is O=C(O[C@@H]1[C@H](OC(=O)c2ccccc2)[C@@H](COP(=O)(O)CP(=O)([O-])C[P+]([O-])([O-])[O-])O[C@H]1n1ccc(N=C([O-])c2ccccc2)nc1=O)c1ccccc1.[Na+].[Na+].[Na+].[Na+]. The summed E-state index contributed by atoms with van der Waals surface area (Å²) < 4.78 is 48.1. The molecule has 25 heteroatoms. The van der Waals surface area contributed by atoms with E-state index in [-0.39, 0.29) is 141 Å². The molecular formula is C32H28N3Na4O15P3. The topological polar surface area (TPSA) is 288 Å². The summed E-state index contributed by atoms with van der Waals surface area (Å²) in [6.45, 7) is -1.05. The van der Waals surface area contributed by atoms with Crippen LogP contribution in [0.5, 0.6) is 0 Å². The molecule has 0 saturated carbocycles. The summed E-state index contributed by atoms with van der Waals surface area (Å²) >= 11 is 0. The van der Waals surface area contributed by atoms with E-state index in [9.17, 15) is 53.1 Å². The Bertz CT molecular complexity index is 2120. The second-order valence-electron chi connectivity index (χ2n) is 11.4. The summed E-state index contributed by atoms with van der Waals surface area (Å²) in [5.41, 5.74) is -0.844. The van der Waals surface area contributed by atoms with Gasteiger partial charge in [0.2, 0.25) is 0 Å². The number of rotatable bonds is 14. The van der Waals surface area contributed by atoms with E-state index in [0.29, 0.717) is 0 Å². The Balaban J connectivity index is 0.00000406. The molecule has 1 aliphatic rings. The monoisotopic (exact) mass is 879 g/mol. The van der Waals surface area contributed by atoms with Gasteiger partial charge in [-0.2, -0.15) is 12.9 Å². The Labute approximate surface area is 414 Å². The van der Waals surface area contributed by atoms with Crippen LogP contribution in [0.25, 0.3) is 0 Å². The molecule has 280 valence electrons. The molecule has 1 N–H and O–H groups in total. The Morgan fingerprint density at radius 2 is 1.28 bits per heavy atom. The molecule has 2 heterocycles. The van der Waals surface area contributed by atoms with Gasteiger partial charge in [-0.3, -0.25) is 9.13 Å². The molecule has 4 aromatic rings. The fraction of sp³-hybridized carbons (Fsp3) is 0.219. The predicted molar refractivity (Wildman–Crippen MR) is 176 cm³/mol. The summed E-state index contributed by atoms with van der Waals surface area (Å²) in [7, 11) is -16.2. The first-order chi connectivity index (χ1) is 25.0. The van der Waals surface area contributed by atoms with Gasteiger partial charge in [0, 0.05) is 6.20 Å². The van der Waals surface area contributed by atoms with Crippen molar-refractivity contribution in [1.29, 1.82) is 0 Å². The number of benzene rings is 3. The van der Waals surface area contributed by atoms with Crippen molar-refractivity contribution >= 4 is 46.6 Å². The number of aliphatic imine (C=N–C) groups is 1. The van der Waals surface area contributed by atoms with Crippen LogP contribution in [-0.2, 0) is 27.9 Å². The molecule has 57 heavy (non-hydrogen) atoms. The van der Waals surface area contributed by atoms with Gasteiger partial charge in [-0.25, -0.2) is 19.4 Å². The molecule has 1 aromatic heterocycles. The third-order valence-corrected chi connectivity index (χ3v) is 14.2. The van der Waals surface area contributed by atoms with Gasteiger partial charge in [-0.05, 0) is 41.8 Å². The average molecular weight is 879 g/mol. The Kier molecular flexibility index (Phi) is 23.2. The van der Waals surface area contributed by atoms with Crippen LogP contribution in [0.1, 0.15) is 32.5 Å². The molecule has 0 amide bonds. The smallest absolute Gasteiger partial charge is 0.858 e. The van der Waals surface area contributed by atoms with E-state index in [1.807, 2.05) is 0 Å². The van der Waals surface area contributed by atoms with Crippen molar-refractivity contribution in [3.63, 3.8) is 0 Å². The van der Waals surface area contributed by atoms with Crippen LogP contribution in [0.2, 0.25) is 0 Å². The van der Waals surface area contributed by atoms with Gasteiger partial charge >= 0.3 is 143 Å². The van der Waals surface area contributed by atoms with E-state index in [2.05, 4.69) is 9.98 Å². The van der Waals surface area contributed by atoms with Crippen LogP contribution in [0.15, 0.2) is 113 Å². The van der Waals surface area contributed by atoms with E-state index in [1.165, 1.54) is 60.7 Å². The summed E-state index contributed by atoms with van der Waals surface area (Å²) in [5.74, 6) is -6.67. The molecule has 0 bridgehead atoms. The maximum Gasteiger partial charge on any atom is 1.00 e. The first-order valence-corrected chi connectivity index (χ1v) is 20.8. The number of esters is 2. The van der Waals surface area contributed by atoms with Gasteiger partial charge in [0.1, 0.15) is 6.10 Å². The van der Waals surface area contributed by atoms with Gasteiger partial charge in [0.25, 0.3) is 0 Å². The molecule has 1 aliphatic heterocycles. The molecule has 1 fully saturated rings. The Morgan fingerprint density at radius 3 is 1.75 bits per heavy atom. The molecule has 1 saturated heterocycles. The van der Waals surface area contributed by atoms with E-state index < -0.39 is 89.4 Å².